The third kappa shape index (κ3) is 2.00. The van der Waals surface area contributed by atoms with Crippen molar-refractivity contribution in [3.8, 4) is 11.8 Å². The van der Waals surface area contributed by atoms with Crippen molar-refractivity contribution >= 4 is 11.6 Å². The van der Waals surface area contributed by atoms with Crippen molar-refractivity contribution in [3.63, 3.8) is 0 Å². The lowest BCUT2D eigenvalue weighted by Crippen LogP contribution is -2.02. The van der Waals surface area contributed by atoms with E-state index in [4.69, 9.17) is 16.9 Å². The van der Waals surface area contributed by atoms with Gasteiger partial charge in [0.15, 0.2) is 0 Å². The maximum Gasteiger partial charge on any atom is 0.0835 e. The van der Waals surface area contributed by atoms with Gasteiger partial charge in [-0.15, -0.1) is 0 Å². The zero-order valence-electron chi connectivity index (χ0n) is 9.81. The van der Waals surface area contributed by atoms with Crippen LogP contribution >= 0.6 is 11.6 Å². The molecule has 0 radical (unpaired) electrons. The molecule has 0 amide bonds. The lowest BCUT2D eigenvalue weighted by Gasteiger charge is -2.07. The number of benzene rings is 1. The molecule has 0 spiro atoms. The molecule has 0 bridgehead atoms. The van der Waals surface area contributed by atoms with Crippen molar-refractivity contribution in [2.24, 2.45) is 0 Å². The van der Waals surface area contributed by atoms with E-state index in [9.17, 15) is 0 Å². The van der Waals surface area contributed by atoms with Crippen LogP contribution in [0.1, 0.15) is 30.1 Å². The van der Waals surface area contributed by atoms with Gasteiger partial charge < -0.3 is 0 Å². The van der Waals surface area contributed by atoms with Crippen molar-refractivity contribution < 1.29 is 0 Å². The number of para-hydroxylation sites is 1. The molecular formula is C14H12ClN3. The van der Waals surface area contributed by atoms with Gasteiger partial charge in [-0.1, -0.05) is 23.7 Å². The number of hydrogen-bond acceptors (Lipinski definition) is 2. The Morgan fingerprint density at radius 2 is 2.17 bits per heavy atom. The first-order valence-electron chi connectivity index (χ1n) is 6.00. The van der Waals surface area contributed by atoms with Crippen LogP contribution in [0.3, 0.4) is 0 Å². The molecule has 1 saturated carbocycles. The molecule has 1 aliphatic rings. The fourth-order valence-corrected chi connectivity index (χ4v) is 2.32. The molecule has 3 rings (SSSR count). The lowest BCUT2D eigenvalue weighted by molar-refractivity contribution is 0.795. The van der Waals surface area contributed by atoms with E-state index >= 15 is 0 Å². The average Bonchev–Trinajstić information content (AvgIpc) is 3.13. The summed E-state index contributed by atoms with van der Waals surface area (Å²) in [6.45, 7) is 0. The first-order chi connectivity index (χ1) is 8.79. The highest BCUT2D eigenvalue weighted by atomic mass is 35.5. The minimum atomic E-state index is 0.344. The van der Waals surface area contributed by atoms with E-state index in [2.05, 4.69) is 11.2 Å². The van der Waals surface area contributed by atoms with E-state index in [1.165, 1.54) is 18.5 Å². The molecule has 18 heavy (non-hydrogen) atoms. The molecule has 1 heterocycles. The van der Waals surface area contributed by atoms with Crippen LogP contribution in [0, 0.1) is 11.3 Å². The fraction of sp³-hybridized carbons (Fsp3) is 0.286. The van der Waals surface area contributed by atoms with Gasteiger partial charge in [0, 0.05) is 11.6 Å². The molecule has 1 fully saturated rings. The number of nitriles is 1. The van der Waals surface area contributed by atoms with Gasteiger partial charge in [-0.3, -0.25) is 0 Å². The third-order valence-electron chi connectivity index (χ3n) is 3.12. The quantitative estimate of drug-likeness (QED) is 0.845. The minimum absolute atomic E-state index is 0.344. The Hall–Kier alpha value is -1.79. The van der Waals surface area contributed by atoms with E-state index in [1.54, 1.807) is 0 Å². The minimum Gasteiger partial charge on any atom is -0.236 e. The van der Waals surface area contributed by atoms with E-state index in [-0.39, 0.29) is 0 Å². The Kier molecular flexibility index (Phi) is 2.81. The van der Waals surface area contributed by atoms with Crippen molar-refractivity contribution in [2.75, 3.05) is 0 Å². The standard InChI is InChI=1S/C14H12ClN3/c15-12-3-1-2-4-13(12)18-14(10-5-6-10)9-11(17-18)7-8-16/h1-4,9-10H,5-7H2. The van der Waals surface area contributed by atoms with Crippen LogP contribution in [0.25, 0.3) is 5.69 Å². The summed E-state index contributed by atoms with van der Waals surface area (Å²) in [4.78, 5) is 0. The Balaban J connectivity index is 2.10. The van der Waals surface area contributed by atoms with Crippen molar-refractivity contribution in [1.82, 2.24) is 9.78 Å². The molecule has 0 atom stereocenters. The summed E-state index contributed by atoms with van der Waals surface area (Å²) >= 11 is 6.22. The normalized spacial score (nSPS) is 14.4. The van der Waals surface area contributed by atoms with Crippen LogP contribution in [-0.2, 0) is 6.42 Å². The smallest absolute Gasteiger partial charge is 0.0835 e. The van der Waals surface area contributed by atoms with E-state index in [0.717, 1.165) is 11.4 Å². The van der Waals surface area contributed by atoms with Crippen molar-refractivity contribution in [3.05, 3.63) is 46.7 Å². The highest BCUT2D eigenvalue weighted by molar-refractivity contribution is 6.32. The van der Waals surface area contributed by atoms with Crippen LogP contribution in [0.2, 0.25) is 5.02 Å². The number of hydrogen-bond donors (Lipinski definition) is 0. The van der Waals surface area contributed by atoms with Crippen LogP contribution in [-0.4, -0.2) is 9.78 Å². The predicted molar refractivity (Wildman–Crippen MR) is 69.9 cm³/mol. The maximum absolute atomic E-state index is 8.77. The van der Waals surface area contributed by atoms with Crippen LogP contribution in [0.15, 0.2) is 30.3 Å². The van der Waals surface area contributed by atoms with Gasteiger partial charge in [-0.25, -0.2) is 4.68 Å². The summed E-state index contributed by atoms with van der Waals surface area (Å²) in [5.41, 5.74) is 2.89. The summed E-state index contributed by atoms with van der Waals surface area (Å²) < 4.78 is 1.90. The zero-order valence-corrected chi connectivity index (χ0v) is 10.6. The van der Waals surface area contributed by atoms with Crippen LogP contribution in [0.5, 0.6) is 0 Å². The van der Waals surface area contributed by atoms with Gasteiger partial charge in [0.1, 0.15) is 0 Å². The fourth-order valence-electron chi connectivity index (χ4n) is 2.10. The Morgan fingerprint density at radius 3 is 2.83 bits per heavy atom. The Morgan fingerprint density at radius 1 is 1.39 bits per heavy atom. The summed E-state index contributed by atoms with van der Waals surface area (Å²) in [6.07, 6.45) is 2.74. The molecule has 0 aliphatic heterocycles. The van der Waals surface area contributed by atoms with Crippen LogP contribution < -0.4 is 0 Å². The van der Waals surface area contributed by atoms with E-state index in [1.807, 2.05) is 35.0 Å². The molecule has 1 aromatic heterocycles. The van der Waals surface area contributed by atoms with E-state index in [0.29, 0.717) is 17.4 Å². The predicted octanol–water partition coefficient (Wildman–Crippen LogP) is 3.47. The molecule has 0 saturated heterocycles. The summed E-state index contributed by atoms with van der Waals surface area (Å²) in [6, 6.07) is 11.8. The van der Waals surface area contributed by atoms with E-state index < -0.39 is 0 Å². The van der Waals surface area contributed by atoms with Gasteiger partial charge >= 0.3 is 0 Å². The monoisotopic (exact) mass is 257 g/mol. The highest BCUT2D eigenvalue weighted by Gasteiger charge is 2.28. The number of rotatable bonds is 3. The summed E-state index contributed by atoms with van der Waals surface area (Å²) in [5, 5.41) is 14.0. The summed E-state index contributed by atoms with van der Waals surface area (Å²) in [7, 11) is 0. The maximum atomic E-state index is 8.77. The molecule has 4 heteroatoms. The molecule has 1 aliphatic carbocycles. The largest absolute Gasteiger partial charge is 0.236 e. The first kappa shape index (κ1) is 11.3. The van der Waals surface area contributed by atoms with Crippen molar-refractivity contribution in [2.45, 2.75) is 25.2 Å². The Bertz CT molecular complexity index is 620. The topological polar surface area (TPSA) is 41.6 Å². The molecule has 2 aromatic rings. The molecule has 0 unspecified atom stereocenters. The summed E-state index contributed by atoms with van der Waals surface area (Å²) in [5.74, 6) is 0.571. The van der Waals surface area contributed by atoms with Gasteiger partial charge in [0.25, 0.3) is 0 Å². The first-order valence-corrected chi connectivity index (χ1v) is 6.38. The Labute approximate surface area is 111 Å². The lowest BCUT2D eigenvalue weighted by atomic mass is 10.2. The van der Waals surface area contributed by atoms with Gasteiger partial charge in [0.05, 0.1) is 28.9 Å². The van der Waals surface area contributed by atoms with Gasteiger partial charge in [-0.2, -0.15) is 10.4 Å². The highest BCUT2D eigenvalue weighted by Crippen LogP contribution is 2.41. The second kappa shape index (κ2) is 4.47. The molecule has 1 aromatic carbocycles. The molecule has 3 nitrogen and oxygen atoms in total. The number of halogens is 1. The average molecular weight is 258 g/mol. The van der Waals surface area contributed by atoms with Crippen molar-refractivity contribution in [1.29, 1.82) is 5.26 Å². The molecular weight excluding hydrogens is 246 g/mol. The number of aromatic nitrogens is 2. The number of nitrogens with zero attached hydrogens (tertiary/aromatic N) is 3. The second-order valence-electron chi connectivity index (χ2n) is 4.53. The van der Waals surface area contributed by atoms with Gasteiger partial charge in [0.2, 0.25) is 0 Å². The molecule has 90 valence electrons. The molecule has 0 N–H and O–H groups in total. The van der Waals surface area contributed by atoms with Crippen LogP contribution in [0.4, 0.5) is 0 Å². The van der Waals surface area contributed by atoms with Gasteiger partial charge in [-0.05, 0) is 31.0 Å². The third-order valence-corrected chi connectivity index (χ3v) is 3.44. The zero-order chi connectivity index (χ0) is 12.5. The SMILES string of the molecule is N#CCc1cc(C2CC2)n(-c2ccccc2Cl)n1. The second-order valence-corrected chi connectivity index (χ2v) is 4.94.